The highest BCUT2D eigenvalue weighted by Gasteiger charge is 2.26. The predicted molar refractivity (Wildman–Crippen MR) is 90.2 cm³/mol. The van der Waals surface area contributed by atoms with Gasteiger partial charge in [-0.05, 0) is 36.8 Å². The van der Waals surface area contributed by atoms with Crippen LogP contribution in [0.25, 0.3) is 0 Å². The Bertz CT molecular complexity index is 1060. The first-order valence-electron chi connectivity index (χ1n) is 6.61. The van der Waals surface area contributed by atoms with Gasteiger partial charge in [0.2, 0.25) is 5.75 Å². The Morgan fingerprint density at radius 3 is 2.28 bits per heavy atom. The van der Waals surface area contributed by atoms with Crippen LogP contribution in [0.2, 0.25) is 5.02 Å². The van der Waals surface area contributed by atoms with Crippen LogP contribution in [0.5, 0.6) is 5.75 Å². The monoisotopic (exact) mass is 405 g/mol. The van der Waals surface area contributed by atoms with Gasteiger partial charge in [-0.1, -0.05) is 17.7 Å². The fourth-order valence-electron chi connectivity index (χ4n) is 1.91. The van der Waals surface area contributed by atoms with Crippen molar-refractivity contribution in [1.82, 2.24) is 0 Å². The maximum Gasteiger partial charge on any atom is 0.340 e. The van der Waals surface area contributed by atoms with Gasteiger partial charge in [-0.3, -0.25) is 10.1 Å². The van der Waals surface area contributed by atoms with E-state index >= 15 is 0 Å². The Morgan fingerprint density at radius 1 is 1.08 bits per heavy atom. The summed E-state index contributed by atoms with van der Waals surface area (Å²) in [5.41, 5.74) is -0.00693. The highest BCUT2D eigenvalue weighted by Crippen LogP contribution is 2.33. The molecular weight excluding hydrogens is 394 g/mol. The minimum absolute atomic E-state index is 0.276. The van der Waals surface area contributed by atoms with Crippen LogP contribution in [0.1, 0.15) is 5.56 Å². The second-order valence-electron chi connectivity index (χ2n) is 5.13. The molecule has 11 heteroatoms. The molecule has 2 aromatic carbocycles. The van der Waals surface area contributed by atoms with Crippen LogP contribution >= 0.6 is 11.6 Å². The first-order valence-corrected chi connectivity index (χ1v) is 10.3. The molecule has 2 aromatic rings. The normalized spacial score (nSPS) is 12.0. The third kappa shape index (κ3) is 4.27. The van der Waals surface area contributed by atoms with Crippen LogP contribution in [0, 0.1) is 17.0 Å². The first kappa shape index (κ1) is 19.2. The standard InChI is InChI=1S/C14H12ClNO7S2/c1-9-3-6-13(12(7-9)16(17)18)23-25(21,22)14-8-10(24(2,19)20)4-5-11(14)15/h3-8H,1-2H3. The summed E-state index contributed by atoms with van der Waals surface area (Å²) in [6, 6.07) is 6.81. The van der Waals surface area contributed by atoms with Crippen molar-refractivity contribution in [2.45, 2.75) is 16.7 Å². The van der Waals surface area contributed by atoms with Crippen LogP contribution in [0.15, 0.2) is 46.2 Å². The molecule has 0 fully saturated rings. The summed E-state index contributed by atoms with van der Waals surface area (Å²) in [5, 5.41) is 10.8. The lowest BCUT2D eigenvalue weighted by atomic mass is 10.2. The van der Waals surface area contributed by atoms with Gasteiger partial charge < -0.3 is 4.18 Å². The van der Waals surface area contributed by atoms with Crippen LogP contribution in [-0.4, -0.2) is 28.0 Å². The zero-order valence-electron chi connectivity index (χ0n) is 13.0. The van der Waals surface area contributed by atoms with Crippen LogP contribution in [0.4, 0.5) is 5.69 Å². The summed E-state index contributed by atoms with van der Waals surface area (Å²) in [7, 11) is -8.29. The largest absolute Gasteiger partial charge is 0.372 e. The smallest absolute Gasteiger partial charge is 0.340 e. The molecule has 0 amide bonds. The maximum atomic E-state index is 12.4. The lowest BCUT2D eigenvalue weighted by Gasteiger charge is -2.10. The van der Waals surface area contributed by atoms with Gasteiger partial charge in [0.25, 0.3) is 0 Å². The number of aryl methyl sites for hydroxylation is 1. The van der Waals surface area contributed by atoms with E-state index in [1.54, 1.807) is 6.92 Å². The van der Waals surface area contributed by atoms with Gasteiger partial charge in [0, 0.05) is 12.3 Å². The number of halogens is 1. The summed E-state index contributed by atoms with van der Waals surface area (Å²) in [6.45, 7) is 1.59. The summed E-state index contributed by atoms with van der Waals surface area (Å²) in [6.07, 6.45) is 0.901. The lowest BCUT2D eigenvalue weighted by molar-refractivity contribution is -0.385. The van der Waals surface area contributed by atoms with E-state index in [-0.39, 0.29) is 9.92 Å². The third-order valence-electron chi connectivity index (χ3n) is 3.11. The van der Waals surface area contributed by atoms with Crippen molar-refractivity contribution in [1.29, 1.82) is 0 Å². The Balaban J connectivity index is 2.57. The molecule has 0 saturated heterocycles. The van der Waals surface area contributed by atoms with E-state index < -0.39 is 41.2 Å². The third-order valence-corrected chi connectivity index (χ3v) is 5.94. The van der Waals surface area contributed by atoms with Gasteiger partial charge >= 0.3 is 15.8 Å². The molecule has 0 aromatic heterocycles. The molecule has 0 radical (unpaired) electrons. The Hall–Kier alpha value is -2.17. The Kier molecular flexibility index (Phi) is 5.07. The molecule has 0 aliphatic heterocycles. The van der Waals surface area contributed by atoms with E-state index in [2.05, 4.69) is 0 Å². The summed E-state index contributed by atoms with van der Waals surface area (Å²) in [4.78, 5) is 9.40. The molecule has 2 rings (SSSR count). The zero-order valence-corrected chi connectivity index (χ0v) is 15.4. The lowest BCUT2D eigenvalue weighted by Crippen LogP contribution is -2.12. The predicted octanol–water partition coefficient (Wildman–Crippen LogP) is 2.73. The molecule has 0 aliphatic rings. The fourth-order valence-corrected chi connectivity index (χ4v) is 4.08. The van der Waals surface area contributed by atoms with Crippen LogP contribution < -0.4 is 4.18 Å². The topological polar surface area (TPSA) is 121 Å². The molecule has 0 bridgehead atoms. The van der Waals surface area contributed by atoms with Crippen molar-refractivity contribution in [3.05, 3.63) is 57.1 Å². The highest BCUT2D eigenvalue weighted by molar-refractivity contribution is 7.90. The molecular formula is C14H12ClNO7S2. The van der Waals surface area contributed by atoms with Crippen molar-refractivity contribution in [2.24, 2.45) is 0 Å². The number of nitrogens with zero attached hydrogens (tertiary/aromatic N) is 1. The van der Waals surface area contributed by atoms with E-state index in [1.165, 1.54) is 6.07 Å². The van der Waals surface area contributed by atoms with Gasteiger partial charge in [-0.15, -0.1) is 0 Å². The summed E-state index contributed by atoms with van der Waals surface area (Å²) in [5.74, 6) is -0.503. The van der Waals surface area contributed by atoms with Gasteiger partial charge in [-0.25, -0.2) is 8.42 Å². The van der Waals surface area contributed by atoms with Crippen LogP contribution in [-0.2, 0) is 20.0 Å². The number of nitro groups is 1. The van der Waals surface area contributed by atoms with E-state index in [4.69, 9.17) is 15.8 Å². The van der Waals surface area contributed by atoms with Crippen molar-refractivity contribution in [3.63, 3.8) is 0 Å². The minimum Gasteiger partial charge on any atom is -0.372 e. The number of nitro benzene ring substituents is 1. The average Bonchev–Trinajstić information content (AvgIpc) is 2.47. The van der Waals surface area contributed by atoms with Gasteiger partial charge in [0.1, 0.15) is 4.90 Å². The number of hydrogen-bond donors (Lipinski definition) is 0. The van der Waals surface area contributed by atoms with Crippen molar-refractivity contribution in [2.75, 3.05) is 6.26 Å². The molecule has 0 atom stereocenters. The molecule has 134 valence electrons. The summed E-state index contributed by atoms with van der Waals surface area (Å²) < 4.78 is 52.9. The van der Waals surface area contributed by atoms with E-state index in [1.807, 2.05) is 0 Å². The number of benzene rings is 2. The minimum atomic E-state index is -4.60. The Labute approximate surface area is 149 Å². The fraction of sp³-hybridized carbons (Fsp3) is 0.143. The number of rotatable bonds is 5. The SMILES string of the molecule is Cc1ccc(OS(=O)(=O)c2cc(S(C)(=O)=O)ccc2Cl)c([N+](=O)[O-])c1. The zero-order chi connectivity index (χ0) is 19.0. The van der Waals surface area contributed by atoms with Gasteiger partial charge in [0.05, 0.1) is 14.8 Å². The number of sulfone groups is 1. The number of hydrogen-bond acceptors (Lipinski definition) is 7. The maximum absolute atomic E-state index is 12.4. The second kappa shape index (κ2) is 6.62. The molecule has 0 unspecified atom stereocenters. The quantitative estimate of drug-likeness (QED) is 0.426. The van der Waals surface area contributed by atoms with Crippen molar-refractivity contribution < 1.29 is 25.9 Å². The van der Waals surface area contributed by atoms with Gasteiger partial charge in [0.15, 0.2) is 9.84 Å². The van der Waals surface area contributed by atoms with Crippen LogP contribution in [0.3, 0.4) is 0 Å². The second-order valence-corrected chi connectivity index (χ2v) is 9.07. The average molecular weight is 406 g/mol. The van der Waals surface area contributed by atoms with Crippen molar-refractivity contribution >= 4 is 37.2 Å². The molecule has 8 nitrogen and oxygen atoms in total. The molecule has 0 spiro atoms. The van der Waals surface area contributed by atoms with E-state index in [0.717, 1.165) is 36.6 Å². The molecule has 25 heavy (non-hydrogen) atoms. The van der Waals surface area contributed by atoms with E-state index in [9.17, 15) is 26.9 Å². The van der Waals surface area contributed by atoms with E-state index in [0.29, 0.717) is 5.56 Å². The first-order chi connectivity index (χ1) is 11.4. The van der Waals surface area contributed by atoms with Crippen molar-refractivity contribution in [3.8, 4) is 5.75 Å². The molecule has 0 heterocycles. The molecule has 0 aliphatic carbocycles. The molecule has 0 saturated carbocycles. The highest BCUT2D eigenvalue weighted by atomic mass is 35.5. The van der Waals surface area contributed by atoms with Gasteiger partial charge in [-0.2, -0.15) is 8.42 Å². The summed E-state index contributed by atoms with van der Waals surface area (Å²) >= 11 is 5.84. The molecule has 0 N–H and O–H groups in total. The Morgan fingerprint density at radius 2 is 1.72 bits per heavy atom.